The molecule has 1 amide bonds. The van der Waals surface area contributed by atoms with Gasteiger partial charge in [-0.25, -0.2) is 18.7 Å². The smallest absolute Gasteiger partial charge is 0.260 e. The van der Waals surface area contributed by atoms with Crippen LogP contribution in [0.2, 0.25) is 0 Å². The van der Waals surface area contributed by atoms with Gasteiger partial charge in [0, 0.05) is 26.2 Å². The van der Waals surface area contributed by atoms with E-state index in [1.165, 1.54) is 47.4 Å². The molecule has 3 heterocycles. The number of piperazine rings is 1. The second-order valence-corrected chi connectivity index (χ2v) is 7.46. The lowest BCUT2D eigenvalue weighted by molar-refractivity contribution is -0.133. The molecule has 0 spiro atoms. The molecule has 0 saturated carbocycles. The Bertz CT molecular complexity index is 1270. The van der Waals surface area contributed by atoms with Gasteiger partial charge in [0.05, 0.1) is 5.69 Å². The maximum Gasteiger partial charge on any atom is 0.260 e. The lowest BCUT2D eigenvalue weighted by Gasteiger charge is -2.35. The Balaban J connectivity index is 1.25. The minimum absolute atomic E-state index is 0.116. The fraction of sp³-hybridized carbons (Fsp3) is 0.227. The number of rotatable bonds is 5. The molecule has 0 unspecified atom stereocenters. The Hall–Kier alpha value is -4.15. The van der Waals surface area contributed by atoms with E-state index < -0.39 is 0 Å². The van der Waals surface area contributed by atoms with Crippen LogP contribution in [0, 0.1) is 11.6 Å². The molecule has 11 heteroatoms. The van der Waals surface area contributed by atoms with Gasteiger partial charge in [0.2, 0.25) is 0 Å². The third-order valence-electron chi connectivity index (χ3n) is 5.40. The highest BCUT2D eigenvalue weighted by atomic mass is 19.1. The topological polar surface area (TPSA) is 89.3 Å². The normalized spacial score (nSPS) is 14.0. The first-order valence-electron chi connectivity index (χ1n) is 10.3. The van der Waals surface area contributed by atoms with E-state index in [1.807, 2.05) is 4.90 Å². The largest absolute Gasteiger partial charge is 0.484 e. The molecule has 1 fully saturated rings. The summed E-state index contributed by atoms with van der Waals surface area (Å²) in [6, 6.07) is 11.4. The summed E-state index contributed by atoms with van der Waals surface area (Å²) in [6.07, 6.45) is 1.44. The van der Waals surface area contributed by atoms with Crippen molar-refractivity contribution in [3.63, 3.8) is 0 Å². The fourth-order valence-corrected chi connectivity index (χ4v) is 3.66. The number of halogens is 2. The molecule has 0 aliphatic carbocycles. The van der Waals surface area contributed by atoms with Crippen molar-refractivity contribution in [2.45, 2.75) is 0 Å². The Kier molecular flexibility index (Phi) is 5.51. The van der Waals surface area contributed by atoms with Gasteiger partial charge < -0.3 is 14.5 Å². The number of nitrogens with zero attached hydrogens (tertiary/aromatic N) is 7. The molecule has 1 aliphatic heterocycles. The predicted molar refractivity (Wildman–Crippen MR) is 115 cm³/mol. The van der Waals surface area contributed by atoms with E-state index in [0.717, 1.165) is 0 Å². The van der Waals surface area contributed by atoms with Gasteiger partial charge in [0.15, 0.2) is 23.6 Å². The van der Waals surface area contributed by atoms with Gasteiger partial charge in [0.25, 0.3) is 5.91 Å². The van der Waals surface area contributed by atoms with E-state index >= 15 is 0 Å². The monoisotopic (exact) mass is 451 g/mol. The molecule has 1 aliphatic rings. The van der Waals surface area contributed by atoms with E-state index in [4.69, 9.17) is 4.74 Å². The molecule has 0 N–H and O–H groups in total. The summed E-state index contributed by atoms with van der Waals surface area (Å²) in [5.74, 6) is 0.225. The number of hydrogen-bond acceptors (Lipinski definition) is 7. The lowest BCUT2D eigenvalue weighted by Crippen LogP contribution is -2.50. The van der Waals surface area contributed by atoms with Gasteiger partial charge in [-0.3, -0.25) is 4.79 Å². The van der Waals surface area contributed by atoms with Crippen LogP contribution in [0.5, 0.6) is 5.75 Å². The van der Waals surface area contributed by atoms with Gasteiger partial charge >= 0.3 is 0 Å². The van der Waals surface area contributed by atoms with Crippen LogP contribution < -0.4 is 9.64 Å². The minimum Gasteiger partial charge on any atom is -0.484 e. The average molecular weight is 451 g/mol. The highest BCUT2D eigenvalue weighted by Gasteiger charge is 2.25. The molecular weight excluding hydrogens is 432 g/mol. The first-order chi connectivity index (χ1) is 16.1. The Morgan fingerprint density at radius 1 is 0.909 bits per heavy atom. The molecule has 1 saturated heterocycles. The van der Waals surface area contributed by atoms with Crippen molar-refractivity contribution < 1.29 is 18.3 Å². The number of aromatic nitrogens is 5. The van der Waals surface area contributed by atoms with Crippen LogP contribution in [0.15, 0.2) is 54.9 Å². The minimum atomic E-state index is -0.360. The van der Waals surface area contributed by atoms with Crippen molar-refractivity contribution in [1.82, 2.24) is 29.9 Å². The number of carbonyl (C=O) groups is 1. The van der Waals surface area contributed by atoms with Gasteiger partial charge in [-0.1, -0.05) is 5.21 Å². The number of amides is 1. The summed E-state index contributed by atoms with van der Waals surface area (Å²) in [5.41, 5.74) is 1.68. The zero-order valence-corrected chi connectivity index (χ0v) is 17.4. The van der Waals surface area contributed by atoms with Crippen LogP contribution in [0.4, 0.5) is 14.6 Å². The number of carbonyl (C=O) groups excluding carboxylic acids is 1. The van der Waals surface area contributed by atoms with Gasteiger partial charge in [-0.15, -0.1) is 5.10 Å². The first-order valence-corrected chi connectivity index (χ1v) is 10.3. The molecule has 168 valence electrons. The highest BCUT2D eigenvalue weighted by Crippen LogP contribution is 2.23. The number of hydrogen-bond donors (Lipinski definition) is 0. The molecule has 2 aromatic carbocycles. The average Bonchev–Trinajstić information content (AvgIpc) is 3.28. The number of anilines is 1. The maximum atomic E-state index is 13.3. The van der Waals surface area contributed by atoms with Crippen molar-refractivity contribution in [1.29, 1.82) is 0 Å². The quantitative estimate of drug-likeness (QED) is 0.460. The van der Waals surface area contributed by atoms with E-state index in [0.29, 0.717) is 54.6 Å². The number of fused-ring (bicyclic) bond motifs is 1. The Labute approximate surface area is 187 Å². The summed E-state index contributed by atoms with van der Waals surface area (Å²) in [6.45, 7) is 1.97. The summed E-state index contributed by atoms with van der Waals surface area (Å²) in [4.78, 5) is 24.9. The second-order valence-electron chi connectivity index (χ2n) is 7.46. The third-order valence-corrected chi connectivity index (χ3v) is 5.40. The van der Waals surface area contributed by atoms with Crippen LogP contribution in [-0.2, 0) is 4.79 Å². The lowest BCUT2D eigenvalue weighted by atomic mass is 10.3. The number of benzene rings is 2. The molecule has 2 aromatic heterocycles. The standard InChI is InChI=1S/C22H19F2N7O2/c23-15-1-5-17(6-2-15)31-22-20(27-28-31)21(25-14-26-22)30-11-9-29(10-12-30)19(32)13-33-18-7-3-16(24)4-8-18/h1-8,14H,9-13H2. The van der Waals surface area contributed by atoms with Crippen LogP contribution in [0.3, 0.4) is 0 Å². The Morgan fingerprint density at radius 2 is 1.58 bits per heavy atom. The van der Waals surface area contributed by atoms with Crippen molar-refractivity contribution in [3.8, 4) is 11.4 Å². The van der Waals surface area contributed by atoms with Crippen molar-refractivity contribution in [2.75, 3.05) is 37.7 Å². The molecule has 33 heavy (non-hydrogen) atoms. The molecule has 0 atom stereocenters. The summed E-state index contributed by atoms with van der Waals surface area (Å²) in [5, 5.41) is 8.40. The SMILES string of the molecule is O=C(COc1ccc(F)cc1)N1CCN(c2ncnc3c2nnn3-c2ccc(F)cc2)CC1. The highest BCUT2D eigenvalue weighted by molar-refractivity contribution is 5.84. The van der Waals surface area contributed by atoms with Crippen LogP contribution in [0.25, 0.3) is 16.9 Å². The molecule has 9 nitrogen and oxygen atoms in total. The molecular formula is C22H19F2N7O2. The fourth-order valence-electron chi connectivity index (χ4n) is 3.66. The molecule has 4 aromatic rings. The maximum absolute atomic E-state index is 13.3. The van der Waals surface area contributed by atoms with Gasteiger partial charge in [0.1, 0.15) is 23.7 Å². The molecule has 5 rings (SSSR count). The van der Waals surface area contributed by atoms with Crippen LogP contribution >= 0.6 is 0 Å². The van der Waals surface area contributed by atoms with Crippen molar-refractivity contribution in [2.24, 2.45) is 0 Å². The first kappa shape index (κ1) is 20.7. The zero-order valence-electron chi connectivity index (χ0n) is 17.4. The number of ether oxygens (including phenoxy) is 1. The van der Waals surface area contributed by atoms with Crippen LogP contribution in [0.1, 0.15) is 0 Å². The van der Waals surface area contributed by atoms with Crippen molar-refractivity contribution in [3.05, 3.63) is 66.5 Å². The summed E-state index contributed by atoms with van der Waals surface area (Å²) < 4.78 is 33.2. The molecule has 0 bridgehead atoms. The third kappa shape index (κ3) is 4.29. The zero-order chi connectivity index (χ0) is 22.8. The molecule has 0 radical (unpaired) electrons. The Morgan fingerprint density at radius 3 is 2.27 bits per heavy atom. The summed E-state index contributed by atoms with van der Waals surface area (Å²) >= 11 is 0. The second kappa shape index (κ2) is 8.77. The van der Waals surface area contributed by atoms with E-state index in [-0.39, 0.29) is 24.1 Å². The summed E-state index contributed by atoms with van der Waals surface area (Å²) in [7, 11) is 0. The van der Waals surface area contributed by atoms with E-state index in [1.54, 1.807) is 17.0 Å². The predicted octanol–water partition coefficient (Wildman–Crippen LogP) is 2.22. The van der Waals surface area contributed by atoms with Gasteiger partial charge in [-0.05, 0) is 48.5 Å². The van der Waals surface area contributed by atoms with E-state index in [9.17, 15) is 13.6 Å². The van der Waals surface area contributed by atoms with Crippen molar-refractivity contribution >= 4 is 22.9 Å². The van der Waals surface area contributed by atoms with Crippen LogP contribution in [-0.4, -0.2) is 68.6 Å². The van der Waals surface area contributed by atoms with E-state index in [2.05, 4.69) is 20.3 Å². The van der Waals surface area contributed by atoms with Gasteiger partial charge in [-0.2, -0.15) is 4.68 Å².